The SMILES string of the molecule is O=CNc1cc2cc(-c3cnccn3)ccc2cn1.[HH]. The molecule has 3 rings (SSSR count). The summed E-state index contributed by atoms with van der Waals surface area (Å²) < 4.78 is 0. The van der Waals surface area contributed by atoms with Crippen LogP contribution in [-0.2, 0) is 4.79 Å². The molecule has 0 radical (unpaired) electrons. The van der Waals surface area contributed by atoms with E-state index in [0.29, 0.717) is 12.2 Å². The first-order valence-corrected chi connectivity index (χ1v) is 5.73. The zero-order valence-corrected chi connectivity index (χ0v) is 9.95. The van der Waals surface area contributed by atoms with Crippen molar-refractivity contribution in [1.29, 1.82) is 0 Å². The predicted molar refractivity (Wildman–Crippen MR) is 74.6 cm³/mol. The maximum Gasteiger partial charge on any atom is 0.212 e. The van der Waals surface area contributed by atoms with Gasteiger partial charge in [0, 0.05) is 31.0 Å². The molecule has 0 bridgehead atoms. The first-order valence-electron chi connectivity index (χ1n) is 5.73. The average Bonchev–Trinajstić information content (AvgIpc) is 2.48. The molecule has 2 heterocycles. The minimum atomic E-state index is 0. The summed E-state index contributed by atoms with van der Waals surface area (Å²) >= 11 is 0. The summed E-state index contributed by atoms with van der Waals surface area (Å²) in [6.45, 7) is 0. The van der Waals surface area contributed by atoms with Crippen molar-refractivity contribution >= 4 is 23.0 Å². The van der Waals surface area contributed by atoms with Crippen LogP contribution < -0.4 is 5.32 Å². The van der Waals surface area contributed by atoms with E-state index in [9.17, 15) is 4.79 Å². The molecule has 0 unspecified atom stereocenters. The molecule has 19 heavy (non-hydrogen) atoms. The van der Waals surface area contributed by atoms with Gasteiger partial charge in [-0.2, -0.15) is 0 Å². The maximum absolute atomic E-state index is 10.4. The van der Waals surface area contributed by atoms with Crippen LogP contribution in [0.3, 0.4) is 0 Å². The highest BCUT2D eigenvalue weighted by Gasteiger charge is 2.02. The van der Waals surface area contributed by atoms with E-state index in [1.807, 2.05) is 24.3 Å². The number of nitrogens with zero attached hydrogens (tertiary/aromatic N) is 3. The van der Waals surface area contributed by atoms with Crippen LogP contribution in [0.4, 0.5) is 5.82 Å². The Bertz CT molecular complexity index is 734. The lowest BCUT2D eigenvalue weighted by atomic mass is 10.1. The topological polar surface area (TPSA) is 67.8 Å². The number of rotatable bonds is 3. The number of hydrogen-bond acceptors (Lipinski definition) is 4. The van der Waals surface area contributed by atoms with Crippen LogP contribution in [0.2, 0.25) is 0 Å². The molecule has 94 valence electrons. The van der Waals surface area contributed by atoms with E-state index >= 15 is 0 Å². The molecule has 0 aliphatic carbocycles. The molecule has 1 N–H and O–H groups in total. The number of nitrogens with one attached hydrogen (secondary N) is 1. The Morgan fingerprint density at radius 1 is 1.05 bits per heavy atom. The second-order valence-corrected chi connectivity index (χ2v) is 3.98. The Labute approximate surface area is 110 Å². The van der Waals surface area contributed by atoms with Gasteiger partial charge in [0.05, 0.1) is 11.9 Å². The minimum Gasteiger partial charge on any atom is -0.313 e. The van der Waals surface area contributed by atoms with Crippen LogP contribution in [0.1, 0.15) is 1.43 Å². The minimum absolute atomic E-state index is 0. The molecule has 0 aliphatic rings. The smallest absolute Gasteiger partial charge is 0.212 e. The summed E-state index contributed by atoms with van der Waals surface area (Å²) in [7, 11) is 0. The van der Waals surface area contributed by atoms with Gasteiger partial charge >= 0.3 is 0 Å². The van der Waals surface area contributed by atoms with Gasteiger partial charge in [0.1, 0.15) is 5.82 Å². The van der Waals surface area contributed by atoms with E-state index in [1.54, 1.807) is 24.8 Å². The first kappa shape index (κ1) is 11.3. The summed E-state index contributed by atoms with van der Waals surface area (Å²) in [4.78, 5) is 22.9. The van der Waals surface area contributed by atoms with E-state index in [4.69, 9.17) is 0 Å². The summed E-state index contributed by atoms with van der Waals surface area (Å²) in [5.74, 6) is 0.527. The van der Waals surface area contributed by atoms with Crippen LogP contribution in [0.25, 0.3) is 22.0 Å². The Hall–Kier alpha value is -2.82. The molecular formula is C14H12N4O. The number of benzene rings is 1. The van der Waals surface area contributed by atoms with Crippen molar-refractivity contribution in [3.8, 4) is 11.3 Å². The number of aromatic nitrogens is 3. The quantitative estimate of drug-likeness (QED) is 0.727. The number of hydrogen-bond donors (Lipinski definition) is 1. The molecule has 0 saturated heterocycles. The van der Waals surface area contributed by atoms with Crippen LogP contribution in [0.15, 0.2) is 49.1 Å². The largest absolute Gasteiger partial charge is 0.313 e. The van der Waals surface area contributed by atoms with Crippen molar-refractivity contribution in [2.75, 3.05) is 5.32 Å². The summed E-state index contributed by atoms with van der Waals surface area (Å²) in [5, 5.41) is 4.53. The normalized spacial score (nSPS) is 10.3. The molecule has 0 atom stereocenters. The van der Waals surface area contributed by atoms with Crippen LogP contribution in [0, 0.1) is 0 Å². The molecule has 5 nitrogen and oxygen atoms in total. The van der Waals surface area contributed by atoms with Gasteiger partial charge in [0.25, 0.3) is 0 Å². The molecule has 2 aromatic heterocycles. The van der Waals surface area contributed by atoms with E-state index in [2.05, 4.69) is 20.3 Å². The fraction of sp³-hybridized carbons (Fsp3) is 0. The van der Waals surface area contributed by atoms with Gasteiger partial charge in [-0.05, 0) is 17.5 Å². The van der Waals surface area contributed by atoms with E-state index < -0.39 is 0 Å². The Kier molecular flexibility index (Phi) is 2.86. The second-order valence-electron chi connectivity index (χ2n) is 3.98. The fourth-order valence-electron chi connectivity index (χ4n) is 1.89. The van der Waals surface area contributed by atoms with Gasteiger partial charge in [-0.15, -0.1) is 0 Å². The van der Waals surface area contributed by atoms with Crippen molar-refractivity contribution in [3.63, 3.8) is 0 Å². The first-order chi connectivity index (χ1) is 9.36. The van der Waals surface area contributed by atoms with Gasteiger partial charge < -0.3 is 5.32 Å². The van der Waals surface area contributed by atoms with Crippen molar-refractivity contribution in [1.82, 2.24) is 15.0 Å². The van der Waals surface area contributed by atoms with Gasteiger partial charge in [-0.1, -0.05) is 12.1 Å². The maximum atomic E-state index is 10.4. The van der Waals surface area contributed by atoms with E-state index in [0.717, 1.165) is 22.0 Å². The Morgan fingerprint density at radius 2 is 2.00 bits per heavy atom. The Morgan fingerprint density at radius 3 is 2.79 bits per heavy atom. The average molecular weight is 252 g/mol. The molecule has 0 saturated carbocycles. The number of carbonyl (C=O) groups excluding carboxylic acids is 1. The zero-order chi connectivity index (χ0) is 13.1. The lowest BCUT2D eigenvalue weighted by Crippen LogP contribution is -1.96. The summed E-state index contributed by atoms with van der Waals surface area (Å²) in [5.41, 5.74) is 1.79. The van der Waals surface area contributed by atoms with Crippen molar-refractivity contribution in [2.45, 2.75) is 0 Å². The zero-order valence-electron chi connectivity index (χ0n) is 9.95. The van der Waals surface area contributed by atoms with Crippen LogP contribution in [-0.4, -0.2) is 21.4 Å². The molecule has 5 heteroatoms. The number of pyridine rings is 1. The summed E-state index contributed by atoms with van der Waals surface area (Å²) in [6, 6.07) is 7.76. The van der Waals surface area contributed by atoms with E-state index in [1.165, 1.54) is 0 Å². The van der Waals surface area contributed by atoms with Gasteiger partial charge in [-0.3, -0.25) is 14.8 Å². The van der Waals surface area contributed by atoms with Gasteiger partial charge in [0.2, 0.25) is 6.41 Å². The lowest BCUT2D eigenvalue weighted by molar-refractivity contribution is -0.105. The highest BCUT2D eigenvalue weighted by atomic mass is 16.1. The van der Waals surface area contributed by atoms with Gasteiger partial charge in [-0.25, -0.2) is 4.98 Å². The molecule has 0 fully saturated rings. The number of carbonyl (C=O) groups is 1. The third-order valence-electron chi connectivity index (χ3n) is 2.79. The molecule has 3 aromatic rings. The third-order valence-corrected chi connectivity index (χ3v) is 2.79. The van der Waals surface area contributed by atoms with Gasteiger partial charge in [0.15, 0.2) is 0 Å². The van der Waals surface area contributed by atoms with E-state index in [-0.39, 0.29) is 1.43 Å². The van der Waals surface area contributed by atoms with Crippen LogP contribution >= 0.6 is 0 Å². The molecular weight excluding hydrogens is 240 g/mol. The highest BCUT2D eigenvalue weighted by molar-refractivity contribution is 5.89. The number of amides is 1. The monoisotopic (exact) mass is 252 g/mol. The molecule has 0 aliphatic heterocycles. The second kappa shape index (κ2) is 4.81. The van der Waals surface area contributed by atoms with Crippen molar-refractivity contribution in [3.05, 3.63) is 49.1 Å². The van der Waals surface area contributed by atoms with Crippen molar-refractivity contribution < 1.29 is 6.22 Å². The standard InChI is InChI=1S/C14H10N4O.H2/c19-9-18-14-6-12-5-10(1-2-11(12)7-17-14)13-8-15-3-4-16-13;/h1-9H,(H,17,18,19);1H. The Balaban J connectivity index is 0.00000147. The molecule has 1 amide bonds. The van der Waals surface area contributed by atoms with Crippen LogP contribution in [0.5, 0.6) is 0 Å². The fourth-order valence-corrected chi connectivity index (χ4v) is 1.89. The number of fused-ring (bicyclic) bond motifs is 1. The third kappa shape index (κ3) is 2.26. The molecule has 1 aromatic carbocycles. The predicted octanol–water partition coefficient (Wildman–Crippen LogP) is 2.51. The summed E-state index contributed by atoms with van der Waals surface area (Å²) in [6.07, 6.45) is 7.35. The molecule has 0 spiro atoms. The van der Waals surface area contributed by atoms with Crippen molar-refractivity contribution in [2.24, 2.45) is 0 Å². The highest BCUT2D eigenvalue weighted by Crippen LogP contribution is 2.23. The lowest BCUT2D eigenvalue weighted by Gasteiger charge is -2.04. The number of anilines is 1.